The van der Waals surface area contributed by atoms with Gasteiger partial charge >= 0.3 is 5.97 Å². The molecule has 148 valence electrons. The van der Waals surface area contributed by atoms with Crippen molar-refractivity contribution in [2.75, 3.05) is 19.7 Å². The molecule has 0 bridgehead atoms. The van der Waals surface area contributed by atoms with Crippen molar-refractivity contribution >= 4 is 29.4 Å². The van der Waals surface area contributed by atoms with Crippen molar-refractivity contribution in [3.63, 3.8) is 0 Å². The van der Waals surface area contributed by atoms with Crippen LogP contribution in [0.15, 0.2) is 24.3 Å². The van der Waals surface area contributed by atoms with Crippen LogP contribution in [0.3, 0.4) is 0 Å². The van der Waals surface area contributed by atoms with Gasteiger partial charge in [0.1, 0.15) is 0 Å². The Balaban J connectivity index is 1.69. The predicted molar refractivity (Wildman–Crippen MR) is 103 cm³/mol. The number of nitrogens with one attached hydrogen (secondary N) is 1. The summed E-state index contributed by atoms with van der Waals surface area (Å²) in [6.45, 7) is 6.79. The van der Waals surface area contributed by atoms with Gasteiger partial charge < -0.3 is 15.0 Å². The number of rotatable bonds is 5. The van der Waals surface area contributed by atoms with E-state index in [0.717, 1.165) is 5.56 Å². The topological polar surface area (TPSA) is 75.7 Å². The van der Waals surface area contributed by atoms with E-state index in [4.69, 9.17) is 16.3 Å². The lowest BCUT2D eigenvalue weighted by Crippen LogP contribution is -2.45. The fraction of sp³-hybridized carbons (Fsp3) is 0.550. The summed E-state index contributed by atoms with van der Waals surface area (Å²) in [5, 5.41) is 3.34. The fourth-order valence-corrected chi connectivity index (χ4v) is 3.03. The summed E-state index contributed by atoms with van der Waals surface area (Å²) >= 11 is 5.81. The highest BCUT2D eigenvalue weighted by molar-refractivity contribution is 6.30. The molecule has 0 radical (unpaired) electrons. The molecular formula is C20H27ClN2O4. The molecule has 2 amide bonds. The smallest absolute Gasteiger partial charge is 0.309 e. The average Bonchev–Trinajstić information content (AvgIpc) is 2.64. The molecule has 0 unspecified atom stereocenters. The van der Waals surface area contributed by atoms with E-state index in [1.165, 1.54) is 0 Å². The van der Waals surface area contributed by atoms with Crippen LogP contribution in [0.25, 0.3) is 0 Å². The number of hydrogen-bond acceptors (Lipinski definition) is 4. The number of carbonyl (C=O) groups is 3. The summed E-state index contributed by atoms with van der Waals surface area (Å²) in [6, 6.07) is 7.14. The van der Waals surface area contributed by atoms with Gasteiger partial charge in [0.2, 0.25) is 5.91 Å². The van der Waals surface area contributed by atoms with Gasteiger partial charge in [-0.3, -0.25) is 14.4 Å². The van der Waals surface area contributed by atoms with Gasteiger partial charge in [0, 0.05) is 30.1 Å². The Labute approximate surface area is 165 Å². The molecule has 1 aliphatic heterocycles. The van der Waals surface area contributed by atoms with Gasteiger partial charge in [-0.15, -0.1) is 0 Å². The quantitative estimate of drug-likeness (QED) is 0.779. The minimum Gasteiger partial charge on any atom is -0.455 e. The SMILES string of the molecule is CC(C)(C)C(=O)N1CCC(C(=O)OCC(=O)NCc2ccc(Cl)cc2)CC1. The first kappa shape index (κ1) is 21.2. The number of likely N-dealkylation sites (tertiary alicyclic amines) is 1. The van der Waals surface area contributed by atoms with Gasteiger partial charge in [0.15, 0.2) is 6.61 Å². The molecule has 1 aromatic rings. The van der Waals surface area contributed by atoms with Crippen LogP contribution in [-0.2, 0) is 25.7 Å². The van der Waals surface area contributed by atoms with E-state index in [1.807, 2.05) is 32.9 Å². The van der Waals surface area contributed by atoms with Crippen molar-refractivity contribution in [1.29, 1.82) is 0 Å². The zero-order valence-corrected chi connectivity index (χ0v) is 16.8. The number of hydrogen-bond donors (Lipinski definition) is 1. The number of esters is 1. The number of amides is 2. The number of nitrogens with zero attached hydrogens (tertiary/aromatic N) is 1. The number of piperidine rings is 1. The summed E-state index contributed by atoms with van der Waals surface area (Å²) in [5.41, 5.74) is 0.491. The molecule has 1 fully saturated rings. The first-order chi connectivity index (χ1) is 12.7. The van der Waals surface area contributed by atoms with E-state index in [1.54, 1.807) is 17.0 Å². The van der Waals surface area contributed by atoms with Crippen LogP contribution in [0.5, 0.6) is 0 Å². The molecule has 0 atom stereocenters. The fourth-order valence-electron chi connectivity index (χ4n) is 2.90. The van der Waals surface area contributed by atoms with E-state index in [0.29, 0.717) is 37.5 Å². The molecule has 0 saturated carbocycles. The Bertz CT molecular complexity index is 674. The van der Waals surface area contributed by atoms with Gasteiger partial charge in [-0.1, -0.05) is 44.5 Å². The Morgan fingerprint density at radius 3 is 2.30 bits per heavy atom. The van der Waals surface area contributed by atoms with Crippen LogP contribution in [0.4, 0.5) is 0 Å². The molecule has 0 spiro atoms. The molecular weight excluding hydrogens is 368 g/mol. The summed E-state index contributed by atoms with van der Waals surface area (Å²) in [6.07, 6.45) is 1.13. The second-order valence-electron chi connectivity index (χ2n) is 7.83. The van der Waals surface area contributed by atoms with Crippen LogP contribution >= 0.6 is 11.6 Å². The summed E-state index contributed by atoms with van der Waals surface area (Å²) < 4.78 is 5.14. The third kappa shape index (κ3) is 6.54. The Kier molecular flexibility index (Phi) is 7.25. The molecule has 0 aromatic heterocycles. The largest absolute Gasteiger partial charge is 0.455 e. The van der Waals surface area contributed by atoms with Crippen LogP contribution in [-0.4, -0.2) is 42.4 Å². The van der Waals surface area contributed by atoms with E-state index < -0.39 is 5.41 Å². The molecule has 1 heterocycles. The van der Waals surface area contributed by atoms with Crippen LogP contribution in [0, 0.1) is 11.3 Å². The number of carbonyl (C=O) groups excluding carboxylic acids is 3. The third-order valence-corrected chi connectivity index (χ3v) is 4.76. The zero-order valence-electron chi connectivity index (χ0n) is 16.1. The maximum absolute atomic E-state index is 12.3. The second-order valence-corrected chi connectivity index (χ2v) is 8.26. The van der Waals surface area contributed by atoms with Crippen molar-refractivity contribution in [2.24, 2.45) is 11.3 Å². The molecule has 1 aromatic carbocycles. The van der Waals surface area contributed by atoms with E-state index >= 15 is 0 Å². The number of ether oxygens (including phenoxy) is 1. The molecule has 2 rings (SSSR count). The zero-order chi connectivity index (χ0) is 20.0. The Morgan fingerprint density at radius 2 is 1.74 bits per heavy atom. The van der Waals surface area contributed by atoms with Gasteiger partial charge in [0.25, 0.3) is 5.91 Å². The maximum atomic E-state index is 12.3. The van der Waals surface area contributed by atoms with Crippen LogP contribution < -0.4 is 5.32 Å². The summed E-state index contributed by atoms with van der Waals surface area (Å²) in [4.78, 5) is 38.1. The molecule has 0 aliphatic carbocycles. The molecule has 7 heteroatoms. The lowest BCUT2D eigenvalue weighted by molar-refractivity contribution is -0.155. The van der Waals surface area contributed by atoms with Gasteiger partial charge in [-0.05, 0) is 30.5 Å². The lowest BCUT2D eigenvalue weighted by Gasteiger charge is -2.34. The minimum absolute atomic E-state index is 0.0934. The molecule has 1 saturated heterocycles. The molecule has 27 heavy (non-hydrogen) atoms. The maximum Gasteiger partial charge on any atom is 0.309 e. The van der Waals surface area contributed by atoms with Gasteiger partial charge in [-0.2, -0.15) is 0 Å². The number of halogens is 1. The minimum atomic E-state index is -0.421. The predicted octanol–water partition coefficient (Wildman–Crippen LogP) is 2.78. The van der Waals surface area contributed by atoms with E-state index in [9.17, 15) is 14.4 Å². The van der Waals surface area contributed by atoms with Crippen molar-refractivity contribution in [3.8, 4) is 0 Å². The lowest BCUT2D eigenvalue weighted by atomic mass is 9.91. The second kappa shape index (κ2) is 9.22. The van der Waals surface area contributed by atoms with Gasteiger partial charge in [0.05, 0.1) is 5.92 Å². The number of benzene rings is 1. The van der Waals surface area contributed by atoms with Crippen molar-refractivity contribution in [1.82, 2.24) is 10.2 Å². The molecule has 1 N–H and O–H groups in total. The van der Waals surface area contributed by atoms with Gasteiger partial charge in [-0.25, -0.2) is 0 Å². The van der Waals surface area contributed by atoms with Crippen LogP contribution in [0.1, 0.15) is 39.2 Å². The highest BCUT2D eigenvalue weighted by Crippen LogP contribution is 2.24. The highest BCUT2D eigenvalue weighted by Gasteiger charge is 2.33. The Morgan fingerprint density at radius 1 is 1.15 bits per heavy atom. The van der Waals surface area contributed by atoms with Crippen molar-refractivity contribution in [3.05, 3.63) is 34.9 Å². The van der Waals surface area contributed by atoms with Crippen LogP contribution in [0.2, 0.25) is 5.02 Å². The average molecular weight is 395 g/mol. The highest BCUT2D eigenvalue weighted by atomic mass is 35.5. The molecule has 6 nitrogen and oxygen atoms in total. The van der Waals surface area contributed by atoms with Crippen molar-refractivity contribution in [2.45, 2.75) is 40.2 Å². The standard InChI is InChI=1S/C20H27ClN2O4/c1-20(2,3)19(26)23-10-8-15(9-11-23)18(25)27-13-17(24)22-12-14-4-6-16(21)7-5-14/h4-7,15H,8-13H2,1-3H3,(H,22,24). The monoisotopic (exact) mass is 394 g/mol. The summed E-state index contributed by atoms with van der Waals surface area (Å²) in [5.74, 6) is -0.896. The van der Waals surface area contributed by atoms with Crippen molar-refractivity contribution < 1.29 is 19.1 Å². The first-order valence-electron chi connectivity index (χ1n) is 9.14. The first-order valence-corrected chi connectivity index (χ1v) is 9.52. The van der Waals surface area contributed by atoms with E-state index in [2.05, 4.69) is 5.32 Å². The normalized spacial score (nSPS) is 15.3. The molecule has 1 aliphatic rings. The van der Waals surface area contributed by atoms with E-state index in [-0.39, 0.29) is 30.3 Å². The summed E-state index contributed by atoms with van der Waals surface area (Å²) in [7, 11) is 0. The third-order valence-electron chi connectivity index (χ3n) is 4.51. The Hall–Kier alpha value is -2.08.